The first-order valence-corrected chi connectivity index (χ1v) is 14.5. The van der Waals surface area contributed by atoms with Crippen LogP contribution in [0.15, 0.2) is 36.5 Å². The third-order valence-electron chi connectivity index (χ3n) is 8.45. The number of halogens is 3. The maximum atomic E-state index is 14.6. The Kier molecular flexibility index (Phi) is 8.86. The van der Waals surface area contributed by atoms with Crippen molar-refractivity contribution in [2.75, 3.05) is 59.2 Å². The minimum atomic E-state index is -1.16. The van der Waals surface area contributed by atoms with Gasteiger partial charge in [-0.25, -0.2) is 9.37 Å². The lowest BCUT2D eigenvalue weighted by molar-refractivity contribution is -0.896. The standard InChI is InChI=1S/C30H33ClF2N6O6/c1-36-20(18-7-8-22(45-4)24(33)23(18)32)14-34-27(36)28(42)35-16-5-6-17(19(31)13-16)29(43)37-9-11-38(12-10-37)30(44)25-26(41)21(40)15-39(25,2)3/h5-8,13-14,21,25-26,40-41H,9-12,15H2,1-4H3/p+1/t21-,25-,26-/m0/s1. The quantitative estimate of drug-likeness (QED) is 0.347. The van der Waals surface area contributed by atoms with Crippen molar-refractivity contribution in [3.05, 3.63) is 64.6 Å². The lowest BCUT2D eigenvalue weighted by Gasteiger charge is -2.39. The molecule has 0 radical (unpaired) electrons. The molecule has 0 bridgehead atoms. The van der Waals surface area contributed by atoms with Gasteiger partial charge in [0.1, 0.15) is 18.8 Å². The predicted molar refractivity (Wildman–Crippen MR) is 160 cm³/mol. The Labute approximate surface area is 263 Å². The SMILES string of the molecule is COc1ccc(-c2cnc(C(=O)Nc3ccc(C(=O)N4CCN(C(=O)[C@@H]5[C@@H](O)[C@@H](O)C[N+]5(C)C)CC4)c(Cl)c3)n2C)c(F)c1F. The number of carbonyl (C=O) groups is 3. The van der Waals surface area contributed by atoms with Crippen molar-refractivity contribution in [2.24, 2.45) is 7.05 Å². The van der Waals surface area contributed by atoms with Crippen molar-refractivity contribution in [3.8, 4) is 17.0 Å². The molecule has 3 amide bonds. The number of methoxy groups -OCH3 is 1. The van der Waals surface area contributed by atoms with Crippen LogP contribution in [0.2, 0.25) is 5.02 Å². The van der Waals surface area contributed by atoms with Gasteiger partial charge in [0.05, 0.1) is 43.7 Å². The smallest absolute Gasteiger partial charge is 0.291 e. The van der Waals surface area contributed by atoms with Gasteiger partial charge < -0.3 is 39.1 Å². The van der Waals surface area contributed by atoms with Crippen LogP contribution in [-0.2, 0) is 11.8 Å². The van der Waals surface area contributed by atoms with Crippen molar-refractivity contribution in [1.29, 1.82) is 0 Å². The molecule has 0 aliphatic carbocycles. The van der Waals surface area contributed by atoms with Crippen molar-refractivity contribution >= 4 is 35.0 Å². The number of anilines is 1. The molecule has 0 unspecified atom stereocenters. The van der Waals surface area contributed by atoms with Crippen molar-refractivity contribution in [3.63, 3.8) is 0 Å². The summed E-state index contributed by atoms with van der Waals surface area (Å²) >= 11 is 6.45. The number of likely N-dealkylation sites (tertiary alicyclic amines) is 1. The number of quaternary nitrogens is 1. The number of hydrogen-bond acceptors (Lipinski definition) is 7. The number of rotatable bonds is 6. The fourth-order valence-corrected chi connectivity index (χ4v) is 6.23. The molecule has 3 heterocycles. The average molecular weight is 648 g/mol. The zero-order valence-electron chi connectivity index (χ0n) is 25.1. The molecule has 0 spiro atoms. The molecular formula is C30H34ClF2N6O6+. The van der Waals surface area contributed by atoms with Crippen LogP contribution in [0.3, 0.4) is 0 Å². The Morgan fingerprint density at radius 2 is 1.71 bits per heavy atom. The number of hydrogen-bond donors (Lipinski definition) is 3. The Morgan fingerprint density at radius 3 is 2.31 bits per heavy atom. The first kappa shape index (κ1) is 32.3. The van der Waals surface area contributed by atoms with Gasteiger partial charge in [0.2, 0.25) is 5.82 Å². The molecule has 2 saturated heterocycles. The zero-order valence-corrected chi connectivity index (χ0v) is 25.9. The van der Waals surface area contributed by atoms with Crippen molar-refractivity contribution in [2.45, 2.75) is 18.2 Å². The maximum absolute atomic E-state index is 14.6. The van der Waals surface area contributed by atoms with Gasteiger partial charge in [-0.2, -0.15) is 4.39 Å². The van der Waals surface area contributed by atoms with E-state index < -0.39 is 35.8 Å². The first-order valence-electron chi connectivity index (χ1n) is 14.2. The number of nitrogens with one attached hydrogen (secondary N) is 1. The van der Waals surface area contributed by atoms with Gasteiger partial charge in [0.25, 0.3) is 17.7 Å². The van der Waals surface area contributed by atoms with E-state index in [0.29, 0.717) is 0 Å². The van der Waals surface area contributed by atoms with E-state index in [1.54, 1.807) is 23.9 Å². The van der Waals surface area contributed by atoms with Crippen LogP contribution in [0.25, 0.3) is 11.3 Å². The van der Waals surface area contributed by atoms with Gasteiger partial charge in [-0.3, -0.25) is 14.4 Å². The van der Waals surface area contributed by atoms with Crippen LogP contribution in [0, 0.1) is 11.6 Å². The highest BCUT2D eigenvalue weighted by Crippen LogP contribution is 2.31. The molecule has 2 aromatic carbocycles. The molecule has 3 atom stereocenters. The summed E-state index contributed by atoms with van der Waals surface area (Å²) in [5.41, 5.74) is 0.551. The summed E-state index contributed by atoms with van der Waals surface area (Å²) < 4.78 is 35.2. The van der Waals surface area contributed by atoms with Gasteiger partial charge in [-0.15, -0.1) is 0 Å². The van der Waals surface area contributed by atoms with Gasteiger partial charge in [0, 0.05) is 44.5 Å². The lowest BCUT2D eigenvalue weighted by Crippen LogP contribution is -2.60. The number of benzene rings is 2. The van der Waals surface area contributed by atoms with Crippen molar-refractivity contribution < 1.29 is 42.6 Å². The Morgan fingerprint density at radius 1 is 1.04 bits per heavy atom. The number of amides is 3. The fraction of sp³-hybridized carbons (Fsp3) is 0.400. The molecule has 45 heavy (non-hydrogen) atoms. The number of ether oxygens (including phenoxy) is 1. The number of aromatic nitrogens is 2. The van der Waals surface area contributed by atoms with Gasteiger partial charge in [-0.1, -0.05) is 11.6 Å². The van der Waals surface area contributed by atoms with Crippen LogP contribution in [0.4, 0.5) is 14.5 Å². The maximum Gasteiger partial charge on any atom is 0.291 e. The van der Waals surface area contributed by atoms with Crippen LogP contribution in [0.5, 0.6) is 5.75 Å². The van der Waals surface area contributed by atoms with Gasteiger partial charge in [0.15, 0.2) is 23.4 Å². The molecule has 3 aromatic rings. The summed E-state index contributed by atoms with van der Waals surface area (Å²) in [7, 11) is 6.28. The summed E-state index contributed by atoms with van der Waals surface area (Å²) in [4.78, 5) is 46.7. The molecule has 2 fully saturated rings. The van der Waals surface area contributed by atoms with E-state index in [4.69, 9.17) is 16.3 Å². The van der Waals surface area contributed by atoms with Crippen LogP contribution >= 0.6 is 11.6 Å². The summed E-state index contributed by atoms with van der Waals surface area (Å²) in [5.74, 6) is -3.88. The van der Waals surface area contributed by atoms with E-state index in [1.165, 1.54) is 55.3 Å². The molecule has 1 aromatic heterocycles. The minimum Gasteiger partial charge on any atom is -0.494 e. The molecule has 12 nitrogen and oxygen atoms in total. The van der Waals surface area contributed by atoms with Crippen LogP contribution in [0.1, 0.15) is 21.0 Å². The second kappa shape index (κ2) is 12.4. The summed E-state index contributed by atoms with van der Waals surface area (Å²) in [6, 6.07) is 6.22. The minimum absolute atomic E-state index is 0.0776. The van der Waals surface area contributed by atoms with E-state index in [0.717, 1.165) is 0 Å². The molecule has 3 N–H and O–H groups in total. The highest BCUT2D eigenvalue weighted by Gasteiger charge is 2.53. The zero-order chi connectivity index (χ0) is 32.8. The molecule has 2 aliphatic heterocycles. The molecule has 240 valence electrons. The van der Waals surface area contributed by atoms with E-state index in [1.807, 2.05) is 0 Å². The topological polar surface area (TPSA) is 137 Å². The Bertz CT molecular complexity index is 1660. The van der Waals surface area contributed by atoms with Crippen LogP contribution in [-0.4, -0.2) is 124 Å². The largest absolute Gasteiger partial charge is 0.494 e. The molecule has 0 saturated carbocycles. The predicted octanol–water partition coefficient (Wildman–Crippen LogP) is 1.74. The van der Waals surface area contributed by atoms with E-state index >= 15 is 0 Å². The highest BCUT2D eigenvalue weighted by atomic mass is 35.5. The van der Waals surface area contributed by atoms with E-state index in [2.05, 4.69) is 10.3 Å². The average Bonchev–Trinajstić information content (AvgIpc) is 3.48. The Balaban J connectivity index is 1.22. The second-order valence-electron chi connectivity index (χ2n) is 11.7. The summed E-state index contributed by atoms with van der Waals surface area (Å²) in [5, 5.41) is 23.2. The molecule has 2 aliphatic rings. The molecule has 15 heteroatoms. The Hall–Kier alpha value is -4.11. The third-order valence-corrected chi connectivity index (χ3v) is 8.76. The lowest BCUT2D eigenvalue weighted by atomic mass is 10.1. The number of aliphatic hydroxyl groups is 2. The number of aliphatic hydroxyl groups excluding tert-OH is 2. The number of carbonyl (C=O) groups excluding carboxylic acids is 3. The molecular weight excluding hydrogens is 614 g/mol. The second-order valence-corrected chi connectivity index (χ2v) is 12.1. The van der Waals surface area contributed by atoms with Gasteiger partial charge in [-0.05, 0) is 30.3 Å². The number of nitrogens with zero attached hydrogens (tertiary/aromatic N) is 5. The third kappa shape index (κ3) is 5.98. The van der Waals surface area contributed by atoms with E-state index in [-0.39, 0.29) is 88.1 Å². The monoisotopic (exact) mass is 647 g/mol. The summed E-state index contributed by atoms with van der Waals surface area (Å²) in [6.07, 6.45) is -0.895. The van der Waals surface area contributed by atoms with E-state index in [9.17, 15) is 33.4 Å². The first-order chi connectivity index (χ1) is 21.2. The van der Waals surface area contributed by atoms with Crippen molar-refractivity contribution in [1.82, 2.24) is 19.4 Å². The summed E-state index contributed by atoms with van der Waals surface area (Å²) in [6.45, 7) is 1.28. The van der Waals surface area contributed by atoms with Gasteiger partial charge >= 0.3 is 0 Å². The highest BCUT2D eigenvalue weighted by molar-refractivity contribution is 6.34. The molecule has 5 rings (SSSR count). The van der Waals surface area contributed by atoms with Crippen LogP contribution < -0.4 is 10.1 Å². The fourth-order valence-electron chi connectivity index (χ4n) is 5.97. The number of likely N-dealkylation sites (N-methyl/N-ethyl adjacent to an activating group) is 1. The normalized spacial score (nSPS) is 21.1. The number of imidazole rings is 1. The number of piperazine rings is 1.